The second kappa shape index (κ2) is 19.7. The third-order valence-electron chi connectivity index (χ3n) is 7.01. The van der Waals surface area contributed by atoms with Crippen LogP contribution in [0.3, 0.4) is 0 Å². The highest BCUT2D eigenvalue weighted by atomic mass is 79.9. The summed E-state index contributed by atoms with van der Waals surface area (Å²) in [6, 6.07) is 13.3. The quantitative estimate of drug-likeness (QED) is 0.136. The molecule has 0 aliphatic heterocycles. The lowest BCUT2D eigenvalue weighted by Crippen LogP contribution is -3.00. The van der Waals surface area contributed by atoms with Gasteiger partial charge in [0.2, 0.25) is 5.51 Å². The fourth-order valence-electron chi connectivity index (χ4n) is 4.79. The predicted molar refractivity (Wildman–Crippen MR) is 162 cm³/mol. The maximum Gasteiger partial charge on any atom is 0.256 e. The van der Waals surface area contributed by atoms with E-state index < -0.39 is 0 Å². The van der Waals surface area contributed by atoms with Crippen molar-refractivity contribution in [1.29, 1.82) is 0 Å². The average molecular weight is 632 g/mol. The first-order valence-electron chi connectivity index (χ1n) is 14.7. The Bertz CT molecular complexity index is 1130. The van der Waals surface area contributed by atoms with Gasteiger partial charge in [-0.25, -0.2) is 0 Å². The molecule has 7 heteroatoms. The van der Waals surface area contributed by atoms with Crippen LogP contribution >= 0.6 is 11.3 Å². The summed E-state index contributed by atoms with van der Waals surface area (Å²) in [5, 5.41) is 3.03. The van der Waals surface area contributed by atoms with Crippen molar-refractivity contribution in [2.75, 3.05) is 19.0 Å². The molecule has 5 nitrogen and oxygen atoms in total. The van der Waals surface area contributed by atoms with E-state index in [1.807, 2.05) is 42.5 Å². The molecule has 0 radical (unpaired) electrons. The predicted octanol–water partition coefficient (Wildman–Crippen LogP) is 5.74. The van der Waals surface area contributed by atoms with Crippen LogP contribution < -0.4 is 36.3 Å². The molecule has 0 aliphatic carbocycles. The summed E-state index contributed by atoms with van der Waals surface area (Å²) in [7, 11) is 1.63. The smallest absolute Gasteiger partial charge is 0.256 e. The zero-order valence-corrected chi connectivity index (χ0v) is 27.0. The van der Waals surface area contributed by atoms with Gasteiger partial charge in [0.05, 0.1) is 18.6 Å². The molecule has 1 amide bonds. The summed E-state index contributed by atoms with van der Waals surface area (Å²) in [5.74, 6) is 1.21. The number of carbonyl (C=O) groups excluding carboxylic acids is 1. The van der Waals surface area contributed by atoms with Gasteiger partial charge in [0.15, 0.2) is 24.2 Å². The number of nitrogens with zero attached hydrogens (tertiary/aromatic N) is 1. The second-order valence-electron chi connectivity index (χ2n) is 10.3. The van der Waals surface area contributed by atoms with Crippen LogP contribution in [0.2, 0.25) is 0 Å². The molecule has 0 saturated carbocycles. The lowest BCUT2D eigenvalue weighted by molar-refractivity contribution is -0.683. The monoisotopic (exact) mass is 630 g/mol. The summed E-state index contributed by atoms with van der Waals surface area (Å²) in [6.07, 6.45) is 18.0. The average Bonchev–Trinajstić information content (AvgIpc) is 3.36. The summed E-state index contributed by atoms with van der Waals surface area (Å²) in [5.41, 5.74) is 4.40. The van der Waals surface area contributed by atoms with Gasteiger partial charge in [0.25, 0.3) is 5.91 Å². The zero-order chi connectivity index (χ0) is 27.7. The summed E-state index contributed by atoms with van der Waals surface area (Å²) < 4.78 is 13.7. The number of benzene rings is 2. The molecule has 0 saturated heterocycles. The molecule has 220 valence electrons. The minimum absolute atomic E-state index is 0. The lowest BCUT2D eigenvalue weighted by Gasteiger charge is -2.13. The Morgan fingerprint density at radius 3 is 2.15 bits per heavy atom. The number of amides is 1. The zero-order valence-electron chi connectivity index (χ0n) is 24.6. The summed E-state index contributed by atoms with van der Waals surface area (Å²) >= 11 is 1.70. The molecule has 0 spiro atoms. The number of halogens is 1. The number of thiazole rings is 1. The number of carbonyl (C=O) groups is 1. The SMILES string of the molecule is CCCCCCCCCCCCCCOc1ccc(NC(=O)c2ccccc2C[n+]2csc(C)c2)cc1OC.[Br-]. The molecular formula is C33H47BrN2O3S. The molecule has 1 N–H and O–H groups in total. The van der Waals surface area contributed by atoms with E-state index in [1.54, 1.807) is 18.4 Å². The molecule has 0 unspecified atom stereocenters. The third-order valence-corrected chi connectivity index (χ3v) is 7.87. The maximum atomic E-state index is 13.1. The number of anilines is 1. The molecule has 0 fully saturated rings. The molecule has 0 aliphatic rings. The Hall–Kier alpha value is -2.38. The molecule has 0 bridgehead atoms. The van der Waals surface area contributed by atoms with Gasteiger partial charge in [-0.15, -0.1) is 0 Å². The van der Waals surface area contributed by atoms with Gasteiger partial charge in [-0.2, -0.15) is 4.57 Å². The molecule has 2 aromatic carbocycles. The fraction of sp³-hybridized carbons (Fsp3) is 0.515. The Labute approximate surface area is 256 Å². The van der Waals surface area contributed by atoms with Crippen molar-refractivity contribution >= 4 is 22.9 Å². The fourth-order valence-corrected chi connectivity index (χ4v) is 5.43. The topological polar surface area (TPSA) is 51.4 Å². The number of rotatable bonds is 19. The Morgan fingerprint density at radius 1 is 0.875 bits per heavy atom. The van der Waals surface area contributed by atoms with Crippen molar-refractivity contribution in [3.8, 4) is 11.5 Å². The van der Waals surface area contributed by atoms with Crippen LogP contribution in [0.5, 0.6) is 11.5 Å². The number of aromatic nitrogens is 1. The number of nitrogens with one attached hydrogen (secondary N) is 1. The van der Waals surface area contributed by atoms with Crippen LogP contribution in [0.15, 0.2) is 54.2 Å². The minimum atomic E-state index is -0.134. The van der Waals surface area contributed by atoms with Gasteiger partial charge < -0.3 is 31.8 Å². The van der Waals surface area contributed by atoms with Crippen molar-refractivity contribution in [3.05, 3.63) is 70.2 Å². The Balaban J connectivity index is 0.00000560. The van der Waals surface area contributed by atoms with Crippen molar-refractivity contribution in [2.24, 2.45) is 0 Å². The summed E-state index contributed by atoms with van der Waals surface area (Å²) in [4.78, 5) is 14.4. The van der Waals surface area contributed by atoms with Crippen LogP contribution in [-0.4, -0.2) is 19.6 Å². The maximum absolute atomic E-state index is 13.1. The van der Waals surface area contributed by atoms with E-state index in [1.165, 1.54) is 75.5 Å². The number of methoxy groups -OCH3 is 1. The van der Waals surface area contributed by atoms with Gasteiger partial charge >= 0.3 is 0 Å². The molecule has 1 heterocycles. The number of hydrogen-bond donors (Lipinski definition) is 1. The van der Waals surface area contributed by atoms with Gasteiger partial charge in [-0.1, -0.05) is 107 Å². The standard InChI is InChI=1S/C33H46N2O3S.BrH/c1-4-5-6-7-8-9-10-11-12-13-14-17-22-38-31-21-20-29(23-32(31)37-3)34-33(36)30-19-16-15-18-28(30)25-35-24-27(2)39-26-35;/h15-16,18-21,23-24,26H,4-14,17,22,25H2,1-3H3;1H. The minimum Gasteiger partial charge on any atom is -1.00 e. The highest BCUT2D eigenvalue weighted by molar-refractivity contribution is 7.09. The van der Waals surface area contributed by atoms with E-state index in [-0.39, 0.29) is 22.9 Å². The molecule has 3 rings (SSSR count). The molecule has 3 aromatic rings. The van der Waals surface area contributed by atoms with Crippen LogP contribution in [0, 0.1) is 6.92 Å². The van der Waals surface area contributed by atoms with Crippen LogP contribution in [0.4, 0.5) is 5.69 Å². The van der Waals surface area contributed by atoms with E-state index in [9.17, 15) is 4.79 Å². The first-order chi connectivity index (χ1) is 19.1. The van der Waals surface area contributed by atoms with E-state index >= 15 is 0 Å². The van der Waals surface area contributed by atoms with Crippen LogP contribution in [-0.2, 0) is 6.54 Å². The van der Waals surface area contributed by atoms with E-state index in [2.05, 4.69) is 35.4 Å². The highest BCUT2D eigenvalue weighted by Crippen LogP contribution is 2.31. The Kier molecular flexibility index (Phi) is 16.6. The van der Waals surface area contributed by atoms with Crippen LogP contribution in [0.1, 0.15) is 105 Å². The molecular weight excluding hydrogens is 584 g/mol. The van der Waals surface area contributed by atoms with Gasteiger partial charge in [0.1, 0.15) is 0 Å². The largest absolute Gasteiger partial charge is 1.00 e. The molecule has 1 aromatic heterocycles. The van der Waals surface area contributed by atoms with Crippen molar-refractivity contribution in [3.63, 3.8) is 0 Å². The number of aryl methyl sites for hydroxylation is 1. The van der Waals surface area contributed by atoms with Crippen molar-refractivity contribution < 1.29 is 35.8 Å². The molecule has 0 atom stereocenters. The molecule has 40 heavy (non-hydrogen) atoms. The van der Waals surface area contributed by atoms with E-state index in [4.69, 9.17) is 9.47 Å². The Morgan fingerprint density at radius 2 is 1.52 bits per heavy atom. The number of hydrogen-bond acceptors (Lipinski definition) is 4. The van der Waals surface area contributed by atoms with Gasteiger partial charge in [-0.3, -0.25) is 4.79 Å². The highest BCUT2D eigenvalue weighted by Gasteiger charge is 2.16. The van der Waals surface area contributed by atoms with Crippen molar-refractivity contribution in [1.82, 2.24) is 0 Å². The lowest BCUT2D eigenvalue weighted by atomic mass is 10.1. The normalized spacial score (nSPS) is 10.7. The second-order valence-corrected chi connectivity index (χ2v) is 11.4. The first kappa shape index (κ1) is 33.8. The van der Waals surface area contributed by atoms with E-state index in [0.717, 1.165) is 12.0 Å². The van der Waals surface area contributed by atoms with Gasteiger partial charge in [-0.05, 0) is 31.5 Å². The van der Waals surface area contributed by atoms with Gasteiger partial charge in [0, 0.05) is 22.9 Å². The first-order valence-corrected chi connectivity index (χ1v) is 15.6. The van der Waals surface area contributed by atoms with Crippen molar-refractivity contribution in [2.45, 2.75) is 97.4 Å². The summed E-state index contributed by atoms with van der Waals surface area (Å²) in [6.45, 7) is 5.68. The number of ether oxygens (including phenoxy) is 2. The third kappa shape index (κ3) is 12.0. The van der Waals surface area contributed by atoms with E-state index in [0.29, 0.717) is 35.9 Å². The van der Waals surface area contributed by atoms with Crippen LogP contribution in [0.25, 0.3) is 0 Å². The number of unbranched alkanes of at least 4 members (excludes halogenated alkanes) is 11.